The summed E-state index contributed by atoms with van der Waals surface area (Å²) in [7, 11) is 0. The minimum Gasteiger partial charge on any atom is -0.394 e. The van der Waals surface area contributed by atoms with Gasteiger partial charge in [-0.1, -0.05) is 26.2 Å². The number of ether oxygens (including phenoxy) is 3. The van der Waals surface area contributed by atoms with Crippen LogP contribution in [0, 0.1) is 0 Å². The van der Waals surface area contributed by atoms with Crippen LogP contribution in [0.2, 0.25) is 0 Å². The first-order valence-electron chi connectivity index (χ1n) is 7.25. The van der Waals surface area contributed by atoms with Gasteiger partial charge in [0.15, 0.2) is 6.29 Å². The van der Waals surface area contributed by atoms with E-state index in [1.807, 2.05) is 0 Å². The van der Waals surface area contributed by atoms with Gasteiger partial charge in [0.05, 0.1) is 25.4 Å². The Balaban J connectivity index is 2.06. The number of unbranched alkanes of at least 4 members (excludes halogenated alkanes) is 3. The van der Waals surface area contributed by atoms with E-state index in [0.717, 1.165) is 25.9 Å². The van der Waals surface area contributed by atoms with Gasteiger partial charge in [0, 0.05) is 13.0 Å². The van der Waals surface area contributed by atoms with Crippen molar-refractivity contribution < 1.29 is 19.3 Å². The van der Waals surface area contributed by atoms with Crippen LogP contribution in [-0.2, 0) is 14.2 Å². The second-order valence-corrected chi connectivity index (χ2v) is 5.01. The first-order valence-corrected chi connectivity index (χ1v) is 7.25. The normalized spacial score (nSPS) is 26.2. The summed E-state index contributed by atoms with van der Waals surface area (Å²) in [4.78, 5) is 0. The lowest BCUT2D eigenvalue weighted by Crippen LogP contribution is -2.36. The second kappa shape index (κ2) is 9.73. The van der Waals surface area contributed by atoms with Gasteiger partial charge in [-0.25, -0.2) is 0 Å². The Kier molecular flexibility index (Phi) is 8.59. The van der Waals surface area contributed by atoms with E-state index in [9.17, 15) is 0 Å². The van der Waals surface area contributed by atoms with Gasteiger partial charge >= 0.3 is 0 Å². The van der Waals surface area contributed by atoms with Crippen molar-refractivity contribution in [2.24, 2.45) is 0 Å². The summed E-state index contributed by atoms with van der Waals surface area (Å²) < 4.78 is 16.8. The smallest absolute Gasteiger partial charge is 0.160 e. The molecule has 0 amide bonds. The van der Waals surface area contributed by atoms with Gasteiger partial charge in [0.2, 0.25) is 0 Å². The zero-order valence-electron chi connectivity index (χ0n) is 11.8. The number of hydrogen-bond acceptors (Lipinski definition) is 4. The van der Waals surface area contributed by atoms with Crippen molar-refractivity contribution in [2.45, 2.75) is 70.9 Å². The van der Waals surface area contributed by atoms with Crippen molar-refractivity contribution in [3.63, 3.8) is 0 Å². The van der Waals surface area contributed by atoms with E-state index in [1.165, 1.54) is 19.3 Å². The molecule has 1 aliphatic heterocycles. The maximum atomic E-state index is 9.05. The average Bonchev–Trinajstić information content (AvgIpc) is 2.38. The standard InChI is InChI=1S/C14H28O4/c1-3-4-5-6-8-16-12(2)10-14-17-9-7-13(11-15)18-14/h12-15H,3-11H2,1-2H3/t12?,13-,14-/m0/s1. The Hall–Kier alpha value is -0.160. The van der Waals surface area contributed by atoms with Crippen LogP contribution in [0.5, 0.6) is 0 Å². The molecule has 0 saturated carbocycles. The molecule has 0 aliphatic carbocycles. The molecular formula is C14H28O4. The molecule has 0 aromatic carbocycles. The van der Waals surface area contributed by atoms with E-state index < -0.39 is 0 Å². The van der Waals surface area contributed by atoms with Crippen LogP contribution in [0.25, 0.3) is 0 Å². The quantitative estimate of drug-likeness (QED) is 0.647. The Morgan fingerprint density at radius 2 is 2.17 bits per heavy atom. The Morgan fingerprint density at radius 1 is 1.33 bits per heavy atom. The SMILES string of the molecule is CCCCCCOC(C)C[C@H]1OCC[C@@H](CO)O1. The number of aliphatic hydroxyl groups is 1. The van der Waals surface area contributed by atoms with Crippen molar-refractivity contribution in [3.05, 3.63) is 0 Å². The van der Waals surface area contributed by atoms with Crippen LogP contribution in [0.15, 0.2) is 0 Å². The fourth-order valence-electron chi connectivity index (χ4n) is 2.06. The molecule has 3 atom stereocenters. The average molecular weight is 260 g/mol. The summed E-state index contributed by atoms with van der Waals surface area (Å²) in [6.07, 6.45) is 6.28. The van der Waals surface area contributed by atoms with E-state index in [0.29, 0.717) is 6.61 Å². The number of hydrogen-bond donors (Lipinski definition) is 1. The molecule has 1 heterocycles. The molecule has 0 aromatic heterocycles. The lowest BCUT2D eigenvalue weighted by molar-refractivity contribution is -0.230. The fraction of sp³-hybridized carbons (Fsp3) is 1.00. The summed E-state index contributed by atoms with van der Waals surface area (Å²) in [6.45, 7) is 5.82. The maximum absolute atomic E-state index is 9.05. The summed E-state index contributed by atoms with van der Waals surface area (Å²) in [5.41, 5.74) is 0. The highest BCUT2D eigenvalue weighted by molar-refractivity contribution is 4.65. The molecule has 0 aromatic rings. The Morgan fingerprint density at radius 3 is 2.89 bits per heavy atom. The number of aliphatic hydroxyl groups excluding tert-OH is 1. The Bertz CT molecular complexity index is 198. The molecule has 0 radical (unpaired) electrons. The summed E-state index contributed by atoms with van der Waals surface area (Å²) >= 11 is 0. The van der Waals surface area contributed by atoms with E-state index >= 15 is 0 Å². The maximum Gasteiger partial charge on any atom is 0.160 e. The number of rotatable bonds is 9. The molecular weight excluding hydrogens is 232 g/mol. The van der Waals surface area contributed by atoms with E-state index in [-0.39, 0.29) is 25.1 Å². The van der Waals surface area contributed by atoms with Crippen LogP contribution in [0.4, 0.5) is 0 Å². The molecule has 108 valence electrons. The zero-order chi connectivity index (χ0) is 13.2. The van der Waals surface area contributed by atoms with Crippen LogP contribution in [-0.4, -0.2) is 43.4 Å². The molecule has 1 rings (SSSR count). The summed E-state index contributed by atoms with van der Waals surface area (Å²) in [6, 6.07) is 0. The monoisotopic (exact) mass is 260 g/mol. The second-order valence-electron chi connectivity index (χ2n) is 5.01. The third-order valence-electron chi connectivity index (χ3n) is 3.22. The van der Waals surface area contributed by atoms with Crippen molar-refractivity contribution in [1.82, 2.24) is 0 Å². The Labute approximate surface area is 111 Å². The zero-order valence-corrected chi connectivity index (χ0v) is 11.8. The lowest BCUT2D eigenvalue weighted by Gasteiger charge is -2.30. The van der Waals surface area contributed by atoms with Crippen molar-refractivity contribution in [3.8, 4) is 0 Å². The molecule has 4 nitrogen and oxygen atoms in total. The van der Waals surface area contributed by atoms with E-state index in [4.69, 9.17) is 19.3 Å². The van der Waals surface area contributed by atoms with Gasteiger partial charge in [0.25, 0.3) is 0 Å². The highest BCUT2D eigenvalue weighted by Crippen LogP contribution is 2.17. The van der Waals surface area contributed by atoms with Crippen molar-refractivity contribution >= 4 is 0 Å². The van der Waals surface area contributed by atoms with Gasteiger partial charge in [-0.15, -0.1) is 0 Å². The van der Waals surface area contributed by atoms with E-state index in [1.54, 1.807) is 0 Å². The highest BCUT2D eigenvalue weighted by Gasteiger charge is 2.24. The predicted octanol–water partition coefficient (Wildman–Crippen LogP) is 2.49. The lowest BCUT2D eigenvalue weighted by atomic mass is 10.2. The summed E-state index contributed by atoms with van der Waals surface area (Å²) in [5.74, 6) is 0. The molecule has 0 bridgehead atoms. The third-order valence-corrected chi connectivity index (χ3v) is 3.22. The van der Waals surface area contributed by atoms with Gasteiger partial charge in [-0.2, -0.15) is 0 Å². The van der Waals surface area contributed by atoms with Crippen LogP contribution in [0.3, 0.4) is 0 Å². The van der Waals surface area contributed by atoms with Gasteiger partial charge < -0.3 is 19.3 Å². The first-order chi connectivity index (χ1) is 8.76. The molecule has 1 N–H and O–H groups in total. The van der Waals surface area contributed by atoms with Crippen LogP contribution >= 0.6 is 0 Å². The van der Waals surface area contributed by atoms with Crippen LogP contribution in [0.1, 0.15) is 52.4 Å². The fourth-order valence-corrected chi connectivity index (χ4v) is 2.06. The molecule has 1 fully saturated rings. The van der Waals surface area contributed by atoms with Crippen LogP contribution < -0.4 is 0 Å². The third kappa shape index (κ3) is 6.69. The molecule has 1 saturated heterocycles. The largest absolute Gasteiger partial charge is 0.394 e. The molecule has 18 heavy (non-hydrogen) atoms. The van der Waals surface area contributed by atoms with E-state index in [2.05, 4.69) is 13.8 Å². The molecule has 4 heteroatoms. The van der Waals surface area contributed by atoms with Gasteiger partial charge in [-0.3, -0.25) is 0 Å². The highest BCUT2D eigenvalue weighted by atomic mass is 16.7. The minimum absolute atomic E-state index is 0.0690. The molecule has 1 unspecified atom stereocenters. The molecule has 0 spiro atoms. The van der Waals surface area contributed by atoms with Gasteiger partial charge in [0.1, 0.15) is 0 Å². The first kappa shape index (κ1) is 15.9. The topological polar surface area (TPSA) is 47.9 Å². The predicted molar refractivity (Wildman–Crippen MR) is 70.5 cm³/mol. The van der Waals surface area contributed by atoms with Crippen molar-refractivity contribution in [2.75, 3.05) is 19.8 Å². The van der Waals surface area contributed by atoms with Gasteiger partial charge in [-0.05, 0) is 19.8 Å². The summed E-state index contributed by atoms with van der Waals surface area (Å²) in [5, 5.41) is 9.05. The van der Waals surface area contributed by atoms with Crippen molar-refractivity contribution in [1.29, 1.82) is 0 Å². The minimum atomic E-state index is -0.221. The molecule has 1 aliphatic rings.